The summed E-state index contributed by atoms with van der Waals surface area (Å²) in [4.78, 5) is 0. The third-order valence-electron chi connectivity index (χ3n) is 3.66. The van der Waals surface area contributed by atoms with Crippen LogP contribution in [0.5, 0.6) is 17.2 Å². The van der Waals surface area contributed by atoms with Crippen LogP contribution in [0.1, 0.15) is 43.2 Å². The molecule has 20 heavy (non-hydrogen) atoms. The van der Waals surface area contributed by atoms with Crippen molar-refractivity contribution in [2.75, 3.05) is 27.9 Å². The monoisotopic (exact) mass is 283 g/mol. The average molecular weight is 283 g/mol. The molecule has 5 heteroatoms. The molecule has 0 aromatic heterocycles. The van der Waals surface area contributed by atoms with Gasteiger partial charge in [-0.15, -0.1) is 0 Å². The summed E-state index contributed by atoms with van der Waals surface area (Å²) in [6.45, 7) is 4.43. The molecular weight excluding hydrogens is 258 g/mol. The minimum Gasteiger partial charge on any atom is -0.496 e. The molecule has 2 N–H and O–H groups in total. The Morgan fingerprint density at radius 2 is 1.55 bits per heavy atom. The van der Waals surface area contributed by atoms with E-state index in [4.69, 9.17) is 14.2 Å². The van der Waals surface area contributed by atoms with Crippen LogP contribution in [-0.2, 0) is 0 Å². The number of aliphatic hydroxyl groups is 1. The first-order valence-electron chi connectivity index (χ1n) is 6.30. The van der Waals surface area contributed by atoms with Crippen molar-refractivity contribution in [1.29, 1.82) is 0 Å². The van der Waals surface area contributed by atoms with Crippen LogP contribution >= 0.6 is 0 Å². The van der Waals surface area contributed by atoms with Crippen molar-refractivity contribution in [2.45, 2.75) is 33.4 Å². The summed E-state index contributed by atoms with van der Waals surface area (Å²) < 4.78 is 16.4. The van der Waals surface area contributed by atoms with Gasteiger partial charge >= 0.3 is 0 Å². The normalized spacial score (nSPS) is 20.7. The van der Waals surface area contributed by atoms with Gasteiger partial charge in [0.15, 0.2) is 11.5 Å². The number of benzene rings is 1. The van der Waals surface area contributed by atoms with Gasteiger partial charge in [0.2, 0.25) is 0 Å². The second kappa shape index (κ2) is 6.33. The SMILES string of the molecule is C.COc1c(C)c(OC)c2c(c1OC)[C@H](C)NCC2O. The molecule has 2 atom stereocenters. The van der Waals surface area contributed by atoms with Crippen LogP contribution < -0.4 is 19.5 Å². The predicted octanol–water partition coefficient (Wildman–Crippen LogP) is 2.35. The average Bonchev–Trinajstić information content (AvgIpc) is 2.41. The number of fused-ring (bicyclic) bond motifs is 1. The van der Waals surface area contributed by atoms with E-state index < -0.39 is 6.10 Å². The lowest BCUT2D eigenvalue weighted by atomic mass is 9.89. The molecule has 2 rings (SSSR count). The Kier molecular flexibility index (Phi) is 5.25. The van der Waals surface area contributed by atoms with Crippen molar-refractivity contribution in [3.8, 4) is 17.2 Å². The van der Waals surface area contributed by atoms with Gasteiger partial charge in [0.25, 0.3) is 0 Å². The Morgan fingerprint density at radius 1 is 1.00 bits per heavy atom. The van der Waals surface area contributed by atoms with E-state index in [1.165, 1.54) is 0 Å². The predicted molar refractivity (Wildman–Crippen MR) is 78.9 cm³/mol. The first-order chi connectivity index (χ1) is 9.06. The van der Waals surface area contributed by atoms with E-state index in [0.29, 0.717) is 23.8 Å². The van der Waals surface area contributed by atoms with E-state index >= 15 is 0 Å². The summed E-state index contributed by atoms with van der Waals surface area (Å²) in [6, 6.07) is 0.0664. The third kappa shape index (κ3) is 2.31. The molecule has 1 unspecified atom stereocenters. The van der Waals surface area contributed by atoms with Gasteiger partial charge in [-0.25, -0.2) is 0 Å². The van der Waals surface area contributed by atoms with Gasteiger partial charge in [0.1, 0.15) is 5.75 Å². The molecule has 0 radical (unpaired) electrons. The summed E-state index contributed by atoms with van der Waals surface area (Å²) in [6.07, 6.45) is -0.611. The summed E-state index contributed by atoms with van der Waals surface area (Å²) >= 11 is 0. The van der Waals surface area contributed by atoms with Crippen LogP contribution in [0.15, 0.2) is 0 Å². The number of hydrogen-bond acceptors (Lipinski definition) is 5. The Labute approximate surface area is 120 Å². The van der Waals surface area contributed by atoms with Gasteiger partial charge in [0, 0.05) is 29.3 Å². The standard InChI is InChI=1S/C14H21NO4.CH4/c1-7-12(17-3)11-9(16)6-15-8(2)10(11)14(19-5)13(7)18-4;/h8-9,15-16H,6H2,1-5H3;1H4/t8-,9?;/m0./s1. The van der Waals surface area contributed by atoms with Crippen LogP contribution in [0.2, 0.25) is 0 Å². The molecule has 1 aromatic carbocycles. The number of methoxy groups -OCH3 is 3. The van der Waals surface area contributed by atoms with E-state index in [2.05, 4.69) is 5.32 Å². The number of ether oxygens (including phenoxy) is 3. The third-order valence-corrected chi connectivity index (χ3v) is 3.66. The van der Waals surface area contributed by atoms with Crippen LogP contribution in [0.25, 0.3) is 0 Å². The van der Waals surface area contributed by atoms with E-state index in [9.17, 15) is 5.11 Å². The Balaban J connectivity index is 0.00000200. The van der Waals surface area contributed by atoms with Gasteiger partial charge in [-0.05, 0) is 13.8 Å². The Morgan fingerprint density at radius 3 is 2.05 bits per heavy atom. The largest absolute Gasteiger partial charge is 0.496 e. The minimum atomic E-state index is -0.611. The lowest BCUT2D eigenvalue weighted by Gasteiger charge is -2.32. The zero-order valence-corrected chi connectivity index (χ0v) is 12.0. The highest BCUT2D eigenvalue weighted by Crippen LogP contribution is 2.49. The van der Waals surface area contributed by atoms with Crippen molar-refractivity contribution in [3.05, 3.63) is 16.7 Å². The summed E-state index contributed by atoms with van der Waals surface area (Å²) in [5.41, 5.74) is 2.54. The summed E-state index contributed by atoms with van der Waals surface area (Å²) in [7, 11) is 4.82. The molecule has 0 amide bonds. The molecule has 5 nitrogen and oxygen atoms in total. The highest BCUT2D eigenvalue weighted by Gasteiger charge is 2.33. The number of nitrogens with one attached hydrogen (secondary N) is 1. The molecule has 1 heterocycles. The van der Waals surface area contributed by atoms with Gasteiger partial charge in [-0.1, -0.05) is 7.43 Å². The van der Waals surface area contributed by atoms with E-state index in [1.54, 1.807) is 21.3 Å². The van der Waals surface area contributed by atoms with Crippen molar-refractivity contribution >= 4 is 0 Å². The highest BCUT2D eigenvalue weighted by atomic mass is 16.5. The quantitative estimate of drug-likeness (QED) is 0.891. The maximum Gasteiger partial charge on any atom is 0.167 e. The lowest BCUT2D eigenvalue weighted by Crippen LogP contribution is -2.32. The van der Waals surface area contributed by atoms with Gasteiger partial charge in [-0.2, -0.15) is 0 Å². The van der Waals surface area contributed by atoms with Crippen molar-refractivity contribution < 1.29 is 19.3 Å². The first kappa shape index (κ1) is 16.6. The zero-order valence-electron chi connectivity index (χ0n) is 12.0. The molecule has 1 aromatic rings. The fourth-order valence-electron chi connectivity index (χ4n) is 2.81. The number of β-amino-alcohol motifs (C(OH)–C–C–N with tert-alkyl or cyclic N) is 1. The van der Waals surface area contributed by atoms with Crippen molar-refractivity contribution in [2.24, 2.45) is 0 Å². The lowest BCUT2D eigenvalue weighted by molar-refractivity contribution is 0.152. The molecule has 114 valence electrons. The zero-order chi connectivity index (χ0) is 14.2. The summed E-state index contributed by atoms with van der Waals surface area (Å²) in [5.74, 6) is 1.99. The molecule has 0 spiro atoms. The van der Waals surface area contributed by atoms with Crippen molar-refractivity contribution in [1.82, 2.24) is 5.32 Å². The first-order valence-corrected chi connectivity index (χ1v) is 6.30. The fourth-order valence-corrected chi connectivity index (χ4v) is 2.81. The van der Waals surface area contributed by atoms with E-state index in [1.807, 2.05) is 13.8 Å². The molecule has 0 aliphatic carbocycles. The maximum absolute atomic E-state index is 10.3. The van der Waals surface area contributed by atoms with Crippen molar-refractivity contribution in [3.63, 3.8) is 0 Å². The maximum atomic E-state index is 10.3. The Bertz CT molecular complexity index is 487. The fraction of sp³-hybridized carbons (Fsp3) is 0.600. The van der Waals surface area contributed by atoms with Crippen LogP contribution in [0.4, 0.5) is 0 Å². The van der Waals surface area contributed by atoms with Crippen LogP contribution in [0.3, 0.4) is 0 Å². The van der Waals surface area contributed by atoms with Gasteiger partial charge < -0.3 is 24.6 Å². The van der Waals surface area contributed by atoms with Gasteiger partial charge in [0.05, 0.1) is 27.4 Å². The number of rotatable bonds is 3. The molecule has 0 bridgehead atoms. The molecule has 1 aliphatic heterocycles. The Hall–Kier alpha value is -1.46. The van der Waals surface area contributed by atoms with Crippen LogP contribution in [-0.4, -0.2) is 33.0 Å². The molecular formula is C15H25NO4. The van der Waals surface area contributed by atoms with E-state index in [-0.39, 0.29) is 13.5 Å². The smallest absolute Gasteiger partial charge is 0.167 e. The molecule has 0 saturated heterocycles. The number of aliphatic hydroxyl groups excluding tert-OH is 1. The van der Waals surface area contributed by atoms with E-state index in [0.717, 1.165) is 16.7 Å². The molecule has 0 fully saturated rings. The second-order valence-electron chi connectivity index (χ2n) is 4.70. The second-order valence-corrected chi connectivity index (χ2v) is 4.70. The minimum absolute atomic E-state index is 0. The summed E-state index contributed by atoms with van der Waals surface area (Å²) in [5, 5.41) is 13.5. The number of hydrogen-bond donors (Lipinski definition) is 2. The molecule has 0 saturated carbocycles. The topological polar surface area (TPSA) is 60.0 Å². The van der Waals surface area contributed by atoms with Crippen LogP contribution in [0, 0.1) is 6.92 Å². The molecule has 1 aliphatic rings. The van der Waals surface area contributed by atoms with Gasteiger partial charge in [-0.3, -0.25) is 0 Å². The highest BCUT2D eigenvalue weighted by molar-refractivity contribution is 5.64.